The zero-order chi connectivity index (χ0) is 10.9. The second-order valence-corrected chi connectivity index (χ2v) is 4.24. The molecule has 76 valence electrons. The molecule has 0 aliphatic carbocycles. The van der Waals surface area contributed by atoms with Gasteiger partial charge in [-0.05, 0) is 19.1 Å². The minimum atomic E-state index is -0.339. The number of aryl methyl sites for hydroxylation is 1. The second-order valence-electron chi connectivity index (χ2n) is 4.24. The van der Waals surface area contributed by atoms with Crippen molar-refractivity contribution in [2.45, 2.75) is 6.92 Å². The average molecular weight is 195 g/mol. The van der Waals surface area contributed by atoms with Crippen molar-refractivity contribution in [3.05, 3.63) is 33.9 Å². The molecule has 0 aromatic heterocycles. The van der Waals surface area contributed by atoms with Crippen LogP contribution in [0.3, 0.4) is 0 Å². The fraction of sp³-hybridized carbons (Fsp3) is 0.400. The number of nitrogens with zero attached hydrogens (tertiary/aromatic N) is 2. The number of rotatable bonds is 2. The maximum atomic E-state index is 10.7. The quantitative estimate of drug-likeness (QED) is 0.412. The van der Waals surface area contributed by atoms with E-state index in [0.717, 1.165) is 5.69 Å². The van der Waals surface area contributed by atoms with E-state index in [2.05, 4.69) is 0 Å². The standard InChI is InChI=1S/C10H15N2O2/c1-8-5-6-9(12(2,3)4)7-10(8)11(13)14/h5-7H,1-4H3/q+1. The van der Waals surface area contributed by atoms with Gasteiger partial charge >= 0.3 is 0 Å². The summed E-state index contributed by atoms with van der Waals surface area (Å²) in [5.74, 6) is 0. The topological polar surface area (TPSA) is 43.1 Å². The molecule has 0 unspecified atom stereocenters. The minimum absolute atomic E-state index is 0.190. The summed E-state index contributed by atoms with van der Waals surface area (Å²) in [6.07, 6.45) is 0. The molecule has 0 amide bonds. The Hall–Kier alpha value is -1.42. The predicted octanol–water partition coefficient (Wildman–Crippen LogP) is 2.10. The van der Waals surface area contributed by atoms with Crippen LogP contribution >= 0.6 is 0 Å². The first-order valence-corrected chi connectivity index (χ1v) is 4.39. The fourth-order valence-electron chi connectivity index (χ4n) is 1.21. The molecule has 1 aromatic rings. The van der Waals surface area contributed by atoms with E-state index in [1.165, 1.54) is 0 Å². The average Bonchev–Trinajstić information content (AvgIpc) is 2.02. The van der Waals surface area contributed by atoms with Gasteiger partial charge in [0.05, 0.1) is 32.1 Å². The first-order chi connectivity index (χ1) is 6.32. The van der Waals surface area contributed by atoms with Crippen LogP contribution in [0.5, 0.6) is 0 Å². The Kier molecular flexibility index (Phi) is 2.57. The van der Waals surface area contributed by atoms with Gasteiger partial charge in [-0.2, -0.15) is 0 Å². The number of benzene rings is 1. The van der Waals surface area contributed by atoms with Gasteiger partial charge in [-0.25, -0.2) is 0 Å². The van der Waals surface area contributed by atoms with E-state index in [4.69, 9.17) is 0 Å². The van der Waals surface area contributed by atoms with Gasteiger partial charge in [0.2, 0.25) is 0 Å². The Morgan fingerprint density at radius 3 is 2.29 bits per heavy atom. The van der Waals surface area contributed by atoms with Crippen LogP contribution in [-0.2, 0) is 0 Å². The molecule has 1 rings (SSSR count). The number of nitro benzene ring substituents is 1. The molecule has 1 aromatic carbocycles. The smallest absolute Gasteiger partial charge is 0.278 e. The third-order valence-electron chi connectivity index (χ3n) is 2.16. The molecule has 0 N–H and O–H groups in total. The highest BCUT2D eigenvalue weighted by Crippen LogP contribution is 2.26. The molecule has 4 heteroatoms. The summed E-state index contributed by atoms with van der Waals surface area (Å²) in [6.45, 7) is 1.75. The van der Waals surface area contributed by atoms with E-state index in [0.29, 0.717) is 10.0 Å². The number of quaternary nitrogens is 1. The van der Waals surface area contributed by atoms with E-state index in [-0.39, 0.29) is 10.6 Å². The number of hydrogen-bond donors (Lipinski definition) is 0. The van der Waals surface area contributed by atoms with Crippen molar-refractivity contribution < 1.29 is 4.92 Å². The molecule has 0 saturated carbocycles. The van der Waals surface area contributed by atoms with Crippen molar-refractivity contribution in [2.75, 3.05) is 21.1 Å². The van der Waals surface area contributed by atoms with Crippen molar-refractivity contribution in [1.82, 2.24) is 4.48 Å². The van der Waals surface area contributed by atoms with Crippen LogP contribution in [0.1, 0.15) is 5.56 Å². The van der Waals surface area contributed by atoms with Crippen LogP contribution in [0.4, 0.5) is 11.4 Å². The van der Waals surface area contributed by atoms with Gasteiger partial charge in [-0.15, -0.1) is 0 Å². The molecule has 0 saturated heterocycles. The van der Waals surface area contributed by atoms with Crippen LogP contribution in [0.25, 0.3) is 0 Å². The predicted molar refractivity (Wildman–Crippen MR) is 57.4 cm³/mol. The lowest BCUT2D eigenvalue weighted by molar-refractivity contribution is -0.385. The molecule has 0 atom stereocenters. The Balaban J connectivity index is 3.27. The lowest BCUT2D eigenvalue weighted by Crippen LogP contribution is -2.34. The van der Waals surface area contributed by atoms with Gasteiger partial charge in [-0.3, -0.25) is 14.6 Å². The molecular weight excluding hydrogens is 180 g/mol. The number of nitro groups is 1. The van der Waals surface area contributed by atoms with Crippen LogP contribution < -0.4 is 4.48 Å². The van der Waals surface area contributed by atoms with Gasteiger partial charge in [0.15, 0.2) is 0 Å². The Bertz CT molecular complexity index is 367. The summed E-state index contributed by atoms with van der Waals surface area (Å²) >= 11 is 0. The molecule has 4 nitrogen and oxygen atoms in total. The molecule has 0 radical (unpaired) electrons. The highest BCUT2D eigenvalue weighted by atomic mass is 16.6. The van der Waals surface area contributed by atoms with Crippen molar-refractivity contribution in [3.63, 3.8) is 0 Å². The molecule has 0 fully saturated rings. The van der Waals surface area contributed by atoms with Gasteiger partial charge in [0.1, 0.15) is 5.69 Å². The fourth-order valence-corrected chi connectivity index (χ4v) is 1.21. The van der Waals surface area contributed by atoms with E-state index in [1.54, 1.807) is 19.1 Å². The van der Waals surface area contributed by atoms with E-state index in [1.807, 2.05) is 27.2 Å². The lowest BCUT2D eigenvalue weighted by atomic mass is 10.1. The van der Waals surface area contributed by atoms with E-state index >= 15 is 0 Å². The van der Waals surface area contributed by atoms with Crippen LogP contribution in [-0.4, -0.2) is 26.1 Å². The number of hydrogen-bond acceptors (Lipinski definition) is 2. The molecule has 14 heavy (non-hydrogen) atoms. The van der Waals surface area contributed by atoms with E-state index in [9.17, 15) is 10.1 Å². The molecular formula is C10H15N2O2+. The van der Waals surface area contributed by atoms with Crippen LogP contribution in [0.15, 0.2) is 18.2 Å². The van der Waals surface area contributed by atoms with Gasteiger partial charge in [0.25, 0.3) is 5.69 Å². The summed E-state index contributed by atoms with van der Waals surface area (Å²) < 4.78 is 0.584. The zero-order valence-corrected chi connectivity index (χ0v) is 8.94. The Labute approximate surface area is 83.5 Å². The first-order valence-electron chi connectivity index (χ1n) is 4.39. The highest BCUT2D eigenvalue weighted by Gasteiger charge is 2.18. The maximum Gasteiger partial charge on any atom is 0.278 e. The van der Waals surface area contributed by atoms with Gasteiger partial charge in [-0.1, -0.05) is 0 Å². The first kappa shape index (κ1) is 10.7. The zero-order valence-electron chi connectivity index (χ0n) is 8.94. The second kappa shape index (κ2) is 3.38. The van der Waals surface area contributed by atoms with E-state index < -0.39 is 0 Å². The van der Waals surface area contributed by atoms with Gasteiger partial charge < -0.3 is 0 Å². The van der Waals surface area contributed by atoms with Gasteiger partial charge in [0, 0.05) is 5.56 Å². The van der Waals surface area contributed by atoms with Crippen molar-refractivity contribution in [3.8, 4) is 0 Å². The SMILES string of the molecule is Cc1ccc([N+](C)(C)C)cc1[N+](=O)[O-]. The van der Waals surface area contributed by atoms with Crippen molar-refractivity contribution >= 4 is 11.4 Å². The molecule has 0 bridgehead atoms. The third kappa shape index (κ3) is 2.09. The van der Waals surface area contributed by atoms with Crippen LogP contribution in [0, 0.1) is 17.0 Å². The summed E-state index contributed by atoms with van der Waals surface area (Å²) in [7, 11) is 5.94. The summed E-state index contributed by atoms with van der Waals surface area (Å²) in [5.41, 5.74) is 1.82. The maximum absolute atomic E-state index is 10.7. The molecule has 0 aliphatic heterocycles. The largest absolute Gasteiger partial charge is 0.298 e. The lowest BCUT2D eigenvalue weighted by Gasteiger charge is -2.23. The Morgan fingerprint density at radius 1 is 1.29 bits per heavy atom. The normalized spacial score (nSPS) is 11.4. The third-order valence-corrected chi connectivity index (χ3v) is 2.16. The highest BCUT2D eigenvalue weighted by molar-refractivity contribution is 5.53. The van der Waals surface area contributed by atoms with Crippen molar-refractivity contribution in [2.24, 2.45) is 0 Å². The molecule has 0 aliphatic rings. The van der Waals surface area contributed by atoms with Crippen LogP contribution in [0.2, 0.25) is 0 Å². The monoisotopic (exact) mass is 195 g/mol. The summed E-state index contributed by atoms with van der Waals surface area (Å²) in [5, 5.41) is 10.7. The minimum Gasteiger partial charge on any atom is -0.298 e. The Morgan fingerprint density at radius 2 is 1.86 bits per heavy atom. The molecule has 0 heterocycles. The summed E-state index contributed by atoms with van der Waals surface area (Å²) in [4.78, 5) is 10.4. The summed E-state index contributed by atoms with van der Waals surface area (Å²) in [6, 6.07) is 5.34. The van der Waals surface area contributed by atoms with Crippen molar-refractivity contribution in [1.29, 1.82) is 0 Å². The molecule has 0 spiro atoms.